The molecule has 2 aromatic rings. The van der Waals surface area contributed by atoms with E-state index in [4.69, 9.17) is 0 Å². The molecule has 31 heavy (non-hydrogen) atoms. The maximum absolute atomic E-state index is 12.8. The number of hydrogen-bond acceptors (Lipinski definition) is 5. The van der Waals surface area contributed by atoms with Gasteiger partial charge in [0.25, 0.3) is 11.8 Å². The van der Waals surface area contributed by atoms with Crippen LogP contribution in [0.15, 0.2) is 30.5 Å². The lowest BCUT2D eigenvalue weighted by molar-refractivity contribution is 0.0631. The summed E-state index contributed by atoms with van der Waals surface area (Å²) in [6, 6.07) is 8.04. The van der Waals surface area contributed by atoms with E-state index in [1.54, 1.807) is 10.9 Å². The molecule has 0 atom stereocenters. The van der Waals surface area contributed by atoms with E-state index in [0.29, 0.717) is 25.3 Å². The molecule has 168 valence electrons. The Morgan fingerprint density at radius 3 is 2.26 bits per heavy atom. The molecule has 8 heteroatoms. The summed E-state index contributed by atoms with van der Waals surface area (Å²) in [4.78, 5) is 29.1. The highest BCUT2D eigenvalue weighted by molar-refractivity contribution is 5.94. The number of hydrogen-bond donors (Lipinski definition) is 1. The van der Waals surface area contributed by atoms with Crippen LogP contribution in [-0.4, -0.2) is 75.4 Å². The third-order valence-electron chi connectivity index (χ3n) is 5.49. The van der Waals surface area contributed by atoms with Gasteiger partial charge in [-0.15, -0.1) is 5.10 Å². The standard InChI is InChI=1S/C23H34N6O2/c1-17(2)24-21(30)20-16-29(26-25-20)15-12-27-10-13-28(14-11-27)22(31)18-6-8-19(9-7-18)23(3,4)5/h6-9,16-17H,10-15H2,1-5H3,(H,24,30). The SMILES string of the molecule is CC(C)NC(=O)c1cn(CCN2CCN(C(=O)c3ccc(C(C)(C)C)cc3)CC2)nn1. The van der Waals surface area contributed by atoms with Crippen LogP contribution in [0.2, 0.25) is 0 Å². The number of benzene rings is 1. The van der Waals surface area contributed by atoms with Crippen molar-refractivity contribution >= 4 is 11.8 Å². The fraction of sp³-hybridized carbons (Fsp3) is 0.565. The number of rotatable bonds is 6. The summed E-state index contributed by atoms with van der Waals surface area (Å²) < 4.78 is 1.70. The first-order valence-corrected chi connectivity index (χ1v) is 11.0. The van der Waals surface area contributed by atoms with Crippen LogP contribution >= 0.6 is 0 Å². The van der Waals surface area contributed by atoms with Crippen molar-refractivity contribution in [3.63, 3.8) is 0 Å². The van der Waals surface area contributed by atoms with Gasteiger partial charge in [-0.2, -0.15) is 0 Å². The molecule has 0 spiro atoms. The largest absolute Gasteiger partial charge is 0.348 e. The van der Waals surface area contributed by atoms with Gasteiger partial charge in [0.2, 0.25) is 0 Å². The zero-order valence-corrected chi connectivity index (χ0v) is 19.3. The Bertz CT molecular complexity index is 890. The summed E-state index contributed by atoms with van der Waals surface area (Å²) in [5.41, 5.74) is 2.39. The van der Waals surface area contributed by atoms with Crippen molar-refractivity contribution in [2.75, 3.05) is 32.7 Å². The van der Waals surface area contributed by atoms with Crippen LogP contribution in [0, 0.1) is 0 Å². The van der Waals surface area contributed by atoms with Crippen LogP contribution in [0.5, 0.6) is 0 Å². The van der Waals surface area contributed by atoms with Crippen molar-refractivity contribution < 1.29 is 9.59 Å². The van der Waals surface area contributed by atoms with Crippen molar-refractivity contribution in [2.45, 2.75) is 52.6 Å². The molecule has 8 nitrogen and oxygen atoms in total. The van der Waals surface area contributed by atoms with Crippen LogP contribution in [0.25, 0.3) is 0 Å². The third kappa shape index (κ3) is 6.13. The van der Waals surface area contributed by atoms with Gasteiger partial charge in [0, 0.05) is 44.3 Å². The summed E-state index contributed by atoms with van der Waals surface area (Å²) >= 11 is 0. The van der Waals surface area contributed by atoms with E-state index in [2.05, 4.69) is 53.4 Å². The Hall–Kier alpha value is -2.74. The summed E-state index contributed by atoms with van der Waals surface area (Å²) in [5, 5.41) is 10.8. The minimum atomic E-state index is -0.205. The molecule has 0 unspecified atom stereocenters. The predicted molar refractivity (Wildman–Crippen MR) is 120 cm³/mol. The lowest BCUT2D eigenvalue weighted by Gasteiger charge is -2.34. The van der Waals surface area contributed by atoms with Gasteiger partial charge < -0.3 is 10.2 Å². The van der Waals surface area contributed by atoms with E-state index in [0.717, 1.165) is 25.2 Å². The highest BCUT2D eigenvalue weighted by Gasteiger charge is 2.23. The topological polar surface area (TPSA) is 83.4 Å². The molecule has 1 aliphatic rings. The molecule has 0 saturated carbocycles. The highest BCUT2D eigenvalue weighted by Crippen LogP contribution is 2.22. The van der Waals surface area contributed by atoms with Crippen molar-refractivity contribution in [2.24, 2.45) is 0 Å². The zero-order valence-electron chi connectivity index (χ0n) is 19.3. The predicted octanol–water partition coefficient (Wildman–Crippen LogP) is 2.17. The first-order chi connectivity index (χ1) is 14.6. The summed E-state index contributed by atoms with van der Waals surface area (Å²) in [5.74, 6) is -0.110. The van der Waals surface area contributed by atoms with Crippen LogP contribution in [0.4, 0.5) is 0 Å². The first kappa shape index (κ1) is 22.9. The molecule has 3 rings (SSSR count). The van der Waals surface area contributed by atoms with Crippen molar-refractivity contribution in [3.05, 3.63) is 47.3 Å². The second-order valence-electron chi connectivity index (χ2n) is 9.46. The molecule has 2 amide bonds. The van der Waals surface area contributed by atoms with E-state index in [1.807, 2.05) is 30.9 Å². The van der Waals surface area contributed by atoms with Crippen LogP contribution in [-0.2, 0) is 12.0 Å². The van der Waals surface area contributed by atoms with Gasteiger partial charge in [0.15, 0.2) is 5.69 Å². The zero-order chi connectivity index (χ0) is 22.6. The Kier molecular flexibility index (Phi) is 7.10. The van der Waals surface area contributed by atoms with Crippen LogP contribution in [0.1, 0.15) is 61.0 Å². The highest BCUT2D eigenvalue weighted by atomic mass is 16.2. The maximum atomic E-state index is 12.8. The normalized spacial score (nSPS) is 15.4. The van der Waals surface area contributed by atoms with Crippen molar-refractivity contribution in [1.29, 1.82) is 0 Å². The fourth-order valence-electron chi connectivity index (χ4n) is 3.56. The van der Waals surface area contributed by atoms with Gasteiger partial charge in [-0.1, -0.05) is 38.1 Å². The Morgan fingerprint density at radius 2 is 1.68 bits per heavy atom. The van der Waals surface area contributed by atoms with Crippen LogP contribution < -0.4 is 5.32 Å². The minimum Gasteiger partial charge on any atom is -0.348 e. The van der Waals surface area contributed by atoms with Crippen molar-refractivity contribution in [1.82, 2.24) is 30.1 Å². The van der Waals surface area contributed by atoms with E-state index in [9.17, 15) is 9.59 Å². The number of nitrogens with zero attached hydrogens (tertiary/aromatic N) is 5. The molecule has 0 radical (unpaired) electrons. The number of aromatic nitrogens is 3. The number of carbonyl (C=O) groups excluding carboxylic acids is 2. The minimum absolute atomic E-state index is 0.0630. The summed E-state index contributed by atoms with van der Waals surface area (Å²) in [6.45, 7) is 14.8. The molecular formula is C23H34N6O2. The average molecular weight is 427 g/mol. The van der Waals surface area contributed by atoms with Gasteiger partial charge >= 0.3 is 0 Å². The second kappa shape index (κ2) is 9.60. The van der Waals surface area contributed by atoms with E-state index >= 15 is 0 Å². The molecule has 1 aromatic carbocycles. The van der Waals surface area contributed by atoms with Gasteiger partial charge in [0.1, 0.15) is 0 Å². The molecule has 1 aliphatic heterocycles. The quantitative estimate of drug-likeness (QED) is 0.765. The molecule has 0 aliphatic carbocycles. The van der Waals surface area contributed by atoms with E-state index < -0.39 is 0 Å². The number of amides is 2. The van der Waals surface area contributed by atoms with Gasteiger partial charge in [0.05, 0.1) is 12.7 Å². The Morgan fingerprint density at radius 1 is 1.03 bits per heavy atom. The molecular weight excluding hydrogens is 392 g/mol. The van der Waals surface area contributed by atoms with Gasteiger partial charge in [-0.25, -0.2) is 0 Å². The summed E-state index contributed by atoms with van der Waals surface area (Å²) in [7, 11) is 0. The van der Waals surface area contributed by atoms with E-state index in [-0.39, 0.29) is 23.3 Å². The summed E-state index contributed by atoms with van der Waals surface area (Å²) in [6.07, 6.45) is 1.68. The Balaban J connectivity index is 1.46. The lowest BCUT2D eigenvalue weighted by atomic mass is 9.86. The van der Waals surface area contributed by atoms with Crippen LogP contribution in [0.3, 0.4) is 0 Å². The number of piperazine rings is 1. The number of nitrogens with one attached hydrogen (secondary N) is 1. The molecule has 0 bridgehead atoms. The molecule has 1 saturated heterocycles. The molecule has 1 N–H and O–H groups in total. The average Bonchev–Trinajstić information content (AvgIpc) is 3.20. The third-order valence-corrected chi connectivity index (χ3v) is 5.49. The lowest BCUT2D eigenvalue weighted by Crippen LogP contribution is -2.49. The Labute approximate surface area is 184 Å². The monoisotopic (exact) mass is 426 g/mol. The maximum Gasteiger partial charge on any atom is 0.273 e. The van der Waals surface area contributed by atoms with Crippen molar-refractivity contribution in [3.8, 4) is 0 Å². The molecule has 2 heterocycles. The van der Waals surface area contributed by atoms with E-state index in [1.165, 1.54) is 5.56 Å². The fourth-order valence-corrected chi connectivity index (χ4v) is 3.56. The second-order valence-corrected chi connectivity index (χ2v) is 9.46. The van der Waals surface area contributed by atoms with Gasteiger partial charge in [-0.05, 0) is 37.0 Å². The first-order valence-electron chi connectivity index (χ1n) is 11.0. The molecule has 1 aromatic heterocycles. The van der Waals surface area contributed by atoms with Gasteiger partial charge in [-0.3, -0.25) is 19.2 Å². The smallest absolute Gasteiger partial charge is 0.273 e. The number of carbonyl (C=O) groups is 2. The molecule has 1 fully saturated rings.